The zero-order valence-corrected chi connectivity index (χ0v) is 15.9. The Morgan fingerprint density at radius 1 is 1.00 bits per heavy atom. The van der Waals surface area contributed by atoms with E-state index in [0.29, 0.717) is 33.2 Å². The molecule has 0 radical (unpaired) electrons. The van der Waals surface area contributed by atoms with Crippen LogP contribution in [-0.4, -0.2) is 39.9 Å². The molecule has 9 nitrogen and oxygen atoms in total. The van der Waals surface area contributed by atoms with Crippen LogP contribution in [0.15, 0.2) is 43.6 Å². The van der Waals surface area contributed by atoms with Crippen molar-refractivity contribution in [1.29, 1.82) is 0 Å². The first-order chi connectivity index (χ1) is 14.1. The maximum Gasteiger partial charge on any atom is 0.182 e. The molecular weight excluding hydrogens is 397 g/mol. The van der Waals surface area contributed by atoms with Crippen LogP contribution in [0.25, 0.3) is 22.3 Å². The third-order valence-electron chi connectivity index (χ3n) is 4.13. The van der Waals surface area contributed by atoms with Gasteiger partial charge in [0, 0.05) is 12.1 Å². The third kappa shape index (κ3) is 3.97. The second kappa shape index (κ2) is 8.15. The molecule has 146 valence electrons. The van der Waals surface area contributed by atoms with Gasteiger partial charge in [-0.2, -0.15) is 0 Å². The zero-order valence-electron chi connectivity index (χ0n) is 15.2. The van der Waals surface area contributed by atoms with Crippen molar-refractivity contribution in [2.45, 2.75) is 13.5 Å². The average Bonchev–Trinajstić information content (AvgIpc) is 3.41. The molecule has 0 aliphatic carbocycles. The number of aromatic nitrogens is 8. The van der Waals surface area contributed by atoms with E-state index in [9.17, 15) is 4.39 Å². The molecule has 4 aromatic heterocycles. The molecule has 0 spiro atoms. The lowest BCUT2D eigenvalue weighted by molar-refractivity contribution is 0.612. The van der Waals surface area contributed by atoms with Crippen LogP contribution < -0.4 is 5.32 Å². The zero-order chi connectivity index (χ0) is 20.2. The Kier molecular flexibility index (Phi) is 5.25. The Hall–Kier alpha value is -3.66. The summed E-state index contributed by atoms with van der Waals surface area (Å²) in [6.45, 7) is 2.07. The average molecular weight is 412 g/mol. The van der Waals surface area contributed by atoms with Gasteiger partial charge in [-0.05, 0) is 18.6 Å². The molecular formula is C18H15ClFN9. The van der Waals surface area contributed by atoms with E-state index in [1.165, 1.54) is 25.0 Å². The minimum absolute atomic E-state index is 0.234. The molecule has 1 aromatic carbocycles. The largest absolute Gasteiger partial charge is 0.364 e. The van der Waals surface area contributed by atoms with Crippen molar-refractivity contribution in [3.63, 3.8) is 0 Å². The number of hydrogen-bond donors (Lipinski definition) is 3. The van der Waals surface area contributed by atoms with E-state index >= 15 is 0 Å². The van der Waals surface area contributed by atoms with Crippen molar-refractivity contribution in [1.82, 2.24) is 39.9 Å². The van der Waals surface area contributed by atoms with Crippen LogP contribution in [-0.2, 0) is 6.54 Å². The summed E-state index contributed by atoms with van der Waals surface area (Å²) in [7, 11) is 0. The van der Waals surface area contributed by atoms with Crippen molar-refractivity contribution in [3.05, 3.63) is 65.6 Å². The van der Waals surface area contributed by atoms with E-state index in [1.807, 2.05) is 6.92 Å². The predicted molar refractivity (Wildman–Crippen MR) is 107 cm³/mol. The summed E-state index contributed by atoms with van der Waals surface area (Å²) in [5.74, 6) is 0.215. The second-order valence-corrected chi connectivity index (χ2v) is 6.37. The van der Waals surface area contributed by atoms with Gasteiger partial charge in [-0.3, -0.25) is 0 Å². The fourth-order valence-electron chi connectivity index (χ4n) is 2.64. The number of aromatic amines is 2. The van der Waals surface area contributed by atoms with Crippen LogP contribution >= 0.6 is 11.6 Å². The standard InChI is InChI=1S/C13H11ClFN5.C5H4N4/c1-7-2-3-9(15)8(10(7)14)4-16-12-11-13(18-5-17-11)20-6-19-12;1-4-5(8-2-6-1)9-3-7-4/h2-3,5-6H,4H2,1H3,(H2,16,17,18,19,20);1-3H,(H,6,7,8,9). The molecule has 0 saturated carbocycles. The molecule has 0 amide bonds. The lowest BCUT2D eigenvalue weighted by Crippen LogP contribution is -2.05. The highest BCUT2D eigenvalue weighted by atomic mass is 35.5. The summed E-state index contributed by atoms with van der Waals surface area (Å²) >= 11 is 6.13. The number of imidazole rings is 2. The third-order valence-corrected chi connectivity index (χ3v) is 4.66. The molecule has 0 unspecified atom stereocenters. The van der Waals surface area contributed by atoms with Gasteiger partial charge in [0.1, 0.15) is 29.5 Å². The lowest BCUT2D eigenvalue weighted by atomic mass is 10.1. The van der Waals surface area contributed by atoms with E-state index in [0.717, 1.165) is 11.1 Å². The van der Waals surface area contributed by atoms with Gasteiger partial charge in [0.15, 0.2) is 17.1 Å². The highest BCUT2D eigenvalue weighted by Gasteiger charge is 2.11. The van der Waals surface area contributed by atoms with Crippen LogP contribution in [0.1, 0.15) is 11.1 Å². The van der Waals surface area contributed by atoms with E-state index in [-0.39, 0.29) is 12.4 Å². The number of nitrogens with one attached hydrogen (secondary N) is 3. The van der Waals surface area contributed by atoms with E-state index in [1.54, 1.807) is 18.6 Å². The first kappa shape index (κ1) is 18.7. The van der Waals surface area contributed by atoms with Crippen LogP contribution in [0.4, 0.5) is 10.2 Å². The fraction of sp³-hybridized carbons (Fsp3) is 0.111. The molecule has 5 aromatic rings. The van der Waals surface area contributed by atoms with E-state index in [2.05, 4.69) is 45.2 Å². The number of benzene rings is 1. The van der Waals surface area contributed by atoms with Gasteiger partial charge in [-0.25, -0.2) is 34.3 Å². The fourth-order valence-corrected chi connectivity index (χ4v) is 2.86. The minimum atomic E-state index is -0.344. The smallest absolute Gasteiger partial charge is 0.182 e. The SMILES string of the molecule is Cc1ccc(F)c(CNc2ncnc3nc[nH]c23)c1Cl.c1ncc2[nH]cnc2n1. The number of hydrogen-bond acceptors (Lipinski definition) is 7. The van der Waals surface area contributed by atoms with Crippen LogP contribution in [0.3, 0.4) is 0 Å². The Bertz CT molecular complexity index is 1240. The molecule has 0 saturated heterocycles. The van der Waals surface area contributed by atoms with Crippen LogP contribution in [0, 0.1) is 12.7 Å². The molecule has 0 bridgehead atoms. The van der Waals surface area contributed by atoms with Gasteiger partial charge >= 0.3 is 0 Å². The number of H-pyrrole nitrogens is 2. The summed E-state index contributed by atoms with van der Waals surface area (Å²) in [5.41, 5.74) is 4.06. The van der Waals surface area contributed by atoms with Gasteiger partial charge in [0.25, 0.3) is 0 Å². The first-order valence-electron chi connectivity index (χ1n) is 8.54. The molecule has 4 heterocycles. The predicted octanol–water partition coefficient (Wildman–Crippen LogP) is 3.42. The van der Waals surface area contributed by atoms with Crippen molar-refractivity contribution in [3.8, 4) is 0 Å². The maximum atomic E-state index is 13.8. The molecule has 0 aliphatic heterocycles. The summed E-state index contributed by atoms with van der Waals surface area (Å²) < 4.78 is 13.8. The molecule has 0 atom stereocenters. The van der Waals surface area contributed by atoms with Crippen molar-refractivity contribution in [2.75, 3.05) is 5.32 Å². The second-order valence-electron chi connectivity index (χ2n) is 6.00. The molecule has 29 heavy (non-hydrogen) atoms. The topological polar surface area (TPSA) is 121 Å². The van der Waals surface area contributed by atoms with Gasteiger partial charge < -0.3 is 15.3 Å². The summed E-state index contributed by atoms with van der Waals surface area (Å²) in [5, 5.41) is 3.48. The van der Waals surface area contributed by atoms with E-state index < -0.39 is 0 Å². The maximum absolute atomic E-state index is 13.8. The first-order valence-corrected chi connectivity index (χ1v) is 8.92. The van der Waals surface area contributed by atoms with Gasteiger partial charge in [-0.1, -0.05) is 17.7 Å². The highest BCUT2D eigenvalue weighted by Crippen LogP contribution is 2.25. The molecule has 11 heteroatoms. The summed E-state index contributed by atoms with van der Waals surface area (Å²) in [6, 6.07) is 3.06. The number of fused-ring (bicyclic) bond motifs is 2. The van der Waals surface area contributed by atoms with Gasteiger partial charge in [0.2, 0.25) is 0 Å². The van der Waals surface area contributed by atoms with Crippen molar-refractivity contribution in [2.24, 2.45) is 0 Å². The lowest BCUT2D eigenvalue weighted by Gasteiger charge is -2.10. The monoisotopic (exact) mass is 411 g/mol. The van der Waals surface area contributed by atoms with Crippen molar-refractivity contribution >= 4 is 39.7 Å². The van der Waals surface area contributed by atoms with Crippen LogP contribution in [0.5, 0.6) is 0 Å². The summed E-state index contributed by atoms with van der Waals surface area (Å²) in [4.78, 5) is 29.6. The number of aryl methyl sites for hydroxylation is 1. The Labute approximate surface area is 168 Å². The highest BCUT2D eigenvalue weighted by molar-refractivity contribution is 6.32. The number of halogens is 2. The normalized spacial score (nSPS) is 10.7. The Morgan fingerprint density at radius 2 is 1.79 bits per heavy atom. The summed E-state index contributed by atoms with van der Waals surface area (Å²) in [6.07, 6.45) is 7.70. The van der Waals surface area contributed by atoms with Crippen molar-refractivity contribution < 1.29 is 4.39 Å². The van der Waals surface area contributed by atoms with Crippen LogP contribution in [0.2, 0.25) is 5.02 Å². The van der Waals surface area contributed by atoms with Gasteiger partial charge in [0.05, 0.1) is 23.9 Å². The number of nitrogens with zero attached hydrogens (tertiary/aromatic N) is 6. The van der Waals surface area contributed by atoms with Gasteiger partial charge in [-0.15, -0.1) is 0 Å². The quantitative estimate of drug-likeness (QED) is 0.416. The molecule has 0 fully saturated rings. The number of rotatable bonds is 3. The Balaban J connectivity index is 0.000000188. The number of anilines is 1. The molecule has 3 N–H and O–H groups in total. The minimum Gasteiger partial charge on any atom is -0.364 e. The van der Waals surface area contributed by atoms with E-state index in [4.69, 9.17) is 11.6 Å². The molecule has 5 rings (SSSR count). The molecule has 0 aliphatic rings. The Morgan fingerprint density at radius 3 is 2.66 bits per heavy atom.